The molecule has 5 nitrogen and oxygen atoms in total. The molecular weight excluding hydrogens is 281 g/mol. The zero-order valence-electron chi connectivity index (χ0n) is 10.2. The lowest BCUT2D eigenvalue weighted by Gasteiger charge is -2.08. The molecule has 0 aromatic heterocycles. The van der Waals surface area contributed by atoms with E-state index in [1.807, 2.05) is 0 Å². The molecule has 0 bridgehead atoms. The Balaban J connectivity index is 2.33. The quantitative estimate of drug-likeness (QED) is 0.391. The number of rotatable bonds is 4. The molecule has 20 heavy (non-hydrogen) atoms. The fourth-order valence-electron chi connectivity index (χ4n) is 1.61. The van der Waals surface area contributed by atoms with Crippen molar-refractivity contribution in [3.8, 4) is 0 Å². The van der Waals surface area contributed by atoms with Crippen LogP contribution in [0.5, 0.6) is 0 Å². The van der Waals surface area contributed by atoms with Gasteiger partial charge in [0.2, 0.25) is 0 Å². The Labute approximate surface area is 118 Å². The van der Waals surface area contributed by atoms with E-state index in [4.69, 9.17) is 11.1 Å². The van der Waals surface area contributed by atoms with Gasteiger partial charge in [-0.3, -0.25) is 15.5 Å². The molecule has 0 amide bonds. The Kier molecular flexibility index (Phi) is 3.99. The number of non-ortho nitro benzene ring substituents is 1. The average molecular weight is 291 g/mol. The van der Waals surface area contributed by atoms with E-state index in [2.05, 4.69) is 0 Å². The highest BCUT2D eigenvalue weighted by atomic mass is 32.2. The fourth-order valence-corrected chi connectivity index (χ4v) is 2.60. The van der Waals surface area contributed by atoms with Crippen LogP contribution in [-0.4, -0.2) is 10.8 Å². The predicted molar refractivity (Wildman–Crippen MR) is 74.6 cm³/mol. The van der Waals surface area contributed by atoms with Crippen LogP contribution in [0.15, 0.2) is 52.3 Å². The van der Waals surface area contributed by atoms with Crippen molar-refractivity contribution in [2.45, 2.75) is 9.79 Å². The summed E-state index contributed by atoms with van der Waals surface area (Å²) in [7, 11) is 0. The highest BCUT2D eigenvalue weighted by Crippen LogP contribution is 2.32. The minimum atomic E-state index is -0.565. The molecule has 0 spiro atoms. The number of nitrogen functional groups attached to an aromatic ring is 1. The third-order valence-corrected chi connectivity index (χ3v) is 3.59. The van der Waals surface area contributed by atoms with Gasteiger partial charge in [-0.1, -0.05) is 17.8 Å². The minimum Gasteiger partial charge on any atom is -0.384 e. The number of nitro benzene ring substituents is 1. The van der Waals surface area contributed by atoms with Crippen molar-refractivity contribution in [2.75, 3.05) is 0 Å². The van der Waals surface area contributed by atoms with E-state index in [-0.39, 0.29) is 17.1 Å². The predicted octanol–water partition coefficient (Wildman–Crippen LogP) is 3.17. The van der Waals surface area contributed by atoms with E-state index in [0.717, 1.165) is 0 Å². The molecule has 0 aliphatic carbocycles. The van der Waals surface area contributed by atoms with E-state index in [1.54, 1.807) is 18.2 Å². The maximum Gasteiger partial charge on any atom is 0.269 e. The molecule has 3 N–H and O–H groups in total. The number of nitro groups is 1. The molecule has 0 atom stereocenters. The first-order valence-electron chi connectivity index (χ1n) is 5.54. The van der Waals surface area contributed by atoms with Crippen molar-refractivity contribution in [3.05, 3.63) is 64.0 Å². The third kappa shape index (κ3) is 2.94. The van der Waals surface area contributed by atoms with Crippen LogP contribution in [0.4, 0.5) is 10.1 Å². The van der Waals surface area contributed by atoms with Crippen molar-refractivity contribution in [1.29, 1.82) is 5.41 Å². The van der Waals surface area contributed by atoms with Crippen molar-refractivity contribution in [1.82, 2.24) is 0 Å². The number of hydrogen-bond acceptors (Lipinski definition) is 4. The van der Waals surface area contributed by atoms with Gasteiger partial charge in [0.05, 0.1) is 10.5 Å². The number of amidine groups is 1. The molecule has 102 valence electrons. The van der Waals surface area contributed by atoms with Gasteiger partial charge in [0, 0.05) is 21.9 Å². The molecule has 0 saturated carbocycles. The molecule has 0 heterocycles. The first-order valence-corrected chi connectivity index (χ1v) is 6.36. The molecule has 0 fully saturated rings. The Morgan fingerprint density at radius 3 is 2.45 bits per heavy atom. The summed E-state index contributed by atoms with van der Waals surface area (Å²) in [4.78, 5) is 11.3. The van der Waals surface area contributed by atoms with Crippen molar-refractivity contribution in [2.24, 2.45) is 5.73 Å². The second kappa shape index (κ2) is 5.70. The lowest BCUT2D eigenvalue weighted by molar-refractivity contribution is -0.384. The average Bonchev–Trinajstić information content (AvgIpc) is 2.39. The maximum absolute atomic E-state index is 13.7. The molecule has 0 radical (unpaired) electrons. The van der Waals surface area contributed by atoms with Crippen molar-refractivity contribution < 1.29 is 9.31 Å². The standard InChI is InChI=1S/C13H10FN3O2S/c14-10-2-1-3-11(12(10)13(15)16)20-9-6-4-8(5-7-9)17(18)19/h1-7H,(H3,15,16). The maximum atomic E-state index is 13.7. The number of halogens is 1. The number of nitrogens with two attached hydrogens (primary N) is 1. The lowest BCUT2D eigenvalue weighted by Crippen LogP contribution is -2.14. The molecular formula is C13H10FN3O2S. The molecule has 0 unspecified atom stereocenters. The molecule has 2 aromatic carbocycles. The van der Waals surface area contributed by atoms with Gasteiger partial charge < -0.3 is 5.73 Å². The van der Waals surface area contributed by atoms with Gasteiger partial charge in [-0.25, -0.2) is 4.39 Å². The molecule has 2 rings (SSSR count). The van der Waals surface area contributed by atoms with Crippen molar-refractivity contribution >= 4 is 23.3 Å². The van der Waals surface area contributed by atoms with Crippen LogP contribution < -0.4 is 5.73 Å². The van der Waals surface area contributed by atoms with Gasteiger partial charge >= 0.3 is 0 Å². The summed E-state index contributed by atoms with van der Waals surface area (Å²) in [6.45, 7) is 0. The highest BCUT2D eigenvalue weighted by Gasteiger charge is 2.13. The summed E-state index contributed by atoms with van der Waals surface area (Å²) >= 11 is 1.19. The lowest BCUT2D eigenvalue weighted by atomic mass is 10.2. The smallest absolute Gasteiger partial charge is 0.269 e. The van der Waals surface area contributed by atoms with Gasteiger partial charge in [-0.2, -0.15) is 0 Å². The Bertz CT molecular complexity index is 674. The minimum absolute atomic E-state index is 0.0135. The number of benzene rings is 2. The largest absolute Gasteiger partial charge is 0.384 e. The second-order valence-electron chi connectivity index (χ2n) is 3.88. The zero-order chi connectivity index (χ0) is 14.7. The summed E-state index contributed by atoms with van der Waals surface area (Å²) in [6, 6.07) is 10.3. The highest BCUT2D eigenvalue weighted by molar-refractivity contribution is 7.99. The van der Waals surface area contributed by atoms with Gasteiger partial charge in [0.1, 0.15) is 11.7 Å². The summed E-state index contributed by atoms with van der Waals surface area (Å²) in [5, 5.41) is 18.0. The SMILES string of the molecule is N=C(N)c1c(F)cccc1Sc1ccc([N+](=O)[O-])cc1. The normalized spacial score (nSPS) is 10.2. The molecule has 0 aliphatic heterocycles. The zero-order valence-corrected chi connectivity index (χ0v) is 11.0. The van der Waals surface area contributed by atoms with Crippen LogP contribution in [0.1, 0.15) is 5.56 Å². The molecule has 2 aromatic rings. The van der Waals surface area contributed by atoms with Gasteiger partial charge in [-0.15, -0.1) is 0 Å². The first kappa shape index (κ1) is 14.0. The Morgan fingerprint density at radius 1 is 1.25 bits per heavy atom. The Morgan fingerprint density at radius 2 is 1.90 bits per heavy atom. The van der Waals surface area contributed by atoms with Gasteiger partial charge in [0.15, 0.2) is 0 Å². The van der Waals surface area contributed by atoms with E-state index < -0.39 is 10.7 Å². The fraction of sp³-hybridized carbons (Fsp3) is 0. The third-order valence-electron chi connectivity index (χ3n) is 2.52. The Hall–Kier alpha value is -2.41. The van der Waals surface area contributed by atoms with Crippen molar-refractivity contribution in [3.63, 3.8) is 0 Å². The van der Waals surface area contributed by atoms with Gasteiger partial charge in [-0.05, 0) is 24.3 Å². The summed E-state index contributed by atoms with van der Waals surface area (Å²) < 4.78 is 13.7. The summed E-state index contributed by atoms with van der Waals surface area (Å²) in [5.74, 6) is -0.920. The van der Waals surface area contributed by atoms with Crippen LogP contribution >= 0.6 is 11.8 Å². The van der Waals surface area contributed by atoms with Crippen LogP contribution in [-0.2, 0) is 0 Å². The van der Waals surface area contributed by atoms with Gasteiger partial charge in [0.25, 0.3) is 5.69 Å². The summed E-state index contributed by atoms with van der Waals surface area (Å²) in [5.41, 5.74) is 5.40. The topological polar surface area (TPSA) is 93.0 Å². The monoisotopic (exact) mass is 291 g/mol. The van der Waals surface area contributed by atoms with Crippen LogP contribution in [0.3, 0.4) is 0 Å². The van der Waals surface area contributed by atoms with E-state index in [0.29, 0.717) is 9.79 Å². The first-order chi connectivity index (χ1) is 9.49. The van der Waals surface area contributed by atoms with Crippen LogP contribution in [0.25, 0.3) is 0 Å². The second-order valence-corrected chi connectivity index (χ2v) is 5.00. The number of nitrogens with one attached hydrogen (secondary N) is 1. The van der Waals surface area contributed by atoms with E-state index in [1.165, 1.54) is 36.0 Å². The molecule has 0 saturated heterocycles. The van der Waals surface area contributed by atoms with Crippen LogP contribution in [0, 0.1) is 21.3 Å². The van der Waals surface area contributed by atoms with E-state index >= 15 is 0 Å². The van der Waals surface area contributed by atoms with Crippen LogP contribution in [0.2, 0.25) is 0 Å². The number of hydrogen-bond donors (Lipinski definition) is 2. The van der Waals surface area contributed by atoms with E-state index in [9.17, 15) is 14.5 Å². The molecule has 0 aliphatic rings. The summed E-state index contributed by atoms with van der Waals surface area (Å²) in [6.07, 6.45) is 0. The number of nitrogens with zero attached hydrogens (tertiary/aromatic N) is 1. The molecule has 7 heteroatoms.